The van der Waals surface area contributed by atoms with Crippen molar-refractivity contribution in [1.82, 2.24) is 14.8 Å². The average molecular weight is 244 g/mol. The number of halogens is 1. The van der Waals surface area contributed by atoms with E-state index in [4.69, 9.17) is 0 Å². The smallest absolute Gasteiger partial charge is 0.277 e. The van der Waals surface area contributed by atoms with Gasteiger partial charge >= 0.3 is 0 Å². The van der Waals surface area contributed by atoms with Crippen molar-refractivity contribution in [2.45, 2.75) is 25.8 Å². The SMILES string of the molecule is CCNS(=O)(=O)N[C@@H]1CCCNC1.Cl. The van der Waals surface area contributed by atoms with Gasteiger partial charge in [0.1, 0.15) is 0 Å². The zero-order valence-corrected chi connectivity index (χ0v) is 9.88. The predicted molar refractivity (Wildman–Crippen MR) is 58.9 cm³/mol. The molecule has 7 heteroatoms. The molecule has 1 aliphatic rings. The maximum atomic E-state index is 11.2. The van der Waals surface area contributed by atoms with Crippen LogP contribution in [0.25, 0.3) is 0 Å². The van der Waals surface area contributed by atoms with Crippen molar-refractivity contribution >= 4 is 22.6 Å². The number of nitrogens with one attached hydrogen (secondary N) is 3. The largest absolute Gasteiger partial charge is 0.315 e. The van der Waals surface area contributed by atoms with E-state index in [0.29, 0.717) is 6.54 Å². The number of piperidine rings is 1. The van der Waals surface area contributed by atoms with E-state index >= 15 is 0 Å². The highest BCUT2D eigenvalue weighted by atomic mass is 35.5. The summed E-state index contributed by atoms with van der Waals surface area (Å²) in [5.74, 6) is 0. The molecular formula is C7H18ClN3O2S. The first-order valence-corrected chi connectivity index (χ1v) is 6.10. The fourth-order valence-electron chi connectivity index (χ4n) is 1.40. The molecule has 1 atom stereocenters. The quantitative estimate of drug-likeness (QED) is 0.630. The number of rotatable bonds is 4. The van der Waals surface area contributed by atoms with Crippen LogP contribution in [0.1, 0.15) is 19.8 Å². The van der Waals surface area contributed by atoms with Crippen molar-refractivity contribution in [3.63, 3.8) is 0 Å². The van der Waals surface area contributed by atoms with Gasteiger partial charge in [-0.25, -0.2) is 4.72 Å². The third-order valence-corrected chi connectivity index (χ3v) is 3.27. The molecule has 1 saturated heterocycles. The summed E-state index contributed by atoms with van der Waals surface area (Å²) in [6, 6.07) is 0.0396. The zero-order chi connectivity index (χ0) is 9.73. The molecule has 1 heterocycles. The molecular weight excluding hydrogens is 226 g/mol. The van der Waals surface area contributed by atoms with Gasteiger partial charge in [-0.2, -0.15) is 13.1 Å². The second-order valence-electron chi connectivity index (χ2n) is 3.16. The fourth-order valence-corrected chi connectivity index (χ4v) is 2.51. The molecule has 0 radical (unpaired) electrons. The van der Waals surface area contributed by atoms with E-state index in [1.54, 1.807) is 6.92 Å². The summed E-state index contributed by atoms with van der Waals surface area (Å²) in [5, 5.41) is 3.14. The van der Waals surface area contributed by atoms with E-state index in [1.165, 1.54) is 0 Å². The van der Waals surface area contributed by atoms with E-state index in [1.807, 2.05) is 0 Å². The summed E-state index contributed by atoms with van der Waals surface area (Å²) < 4.78 is 27.5. The third-order valence-electron chi connectivity index (χ3n) is 1.95. The molecule has 0 aromatic carbocycles. The highest BCUT2D eigenvalue weighted by Gasteiger charge is 2.18. The van der Waals surface area contributed by atoms with Gasteiger partial charge < -0.3 is 5.32 Å². The first kappa shape index (κ1) is 14.1. The maximum Gasteiger partial charge on any atom is 0.277 e. The molecule has 14 heavy (non-hydrogen) atoms. The molecule has 0 aliphatic carbocycles. The van der Waals surface area contributed by atoms with Crippen LogP contribution in [-0.2, 0) is 10.2 Å². The minimum absolute atomic E-state index is 0. The van der Waals surface area contributed by atoms with E-state index in [0.717, 1.165) is 25.9 Å². The molecule has 3 N–H and O–H groups in total. The van der Waals surface area contributed by atoms with Gasteiger partial charge in [0.2, 0.25) is 0 Å². The van der Waals surface area contributed by atoms with Gasteiger partial charge in [-0.05, 0) is 19.4 Å². The van der Waals surface area contributed by atoms with Crippen LogP contribution in [0.5, 0.6) is 0 Å². The normalized spacial score (nSPS) is 22.8. The predicted octanol–water partition coefficient (Wildman–Crippen LogP) is -0.396. The van der Waals surface area contributed by atoms with E-state index in [-0.39, 0.29) is 18.4 Å². The lowest BCUT2D eigenvalue weighted by Crippen LogP contribution is -2.49. The lowest BCUT2D eigenvalue weighted by atomic mass is 10.1. The molecule has 1 fully saturated rings. The lowest BCUT2D eigenvalue weighted by molar-refractivity contribution is 0.426. The maximum absolute atomic E-state index is 11.2. The molecule has 5 nitrogen and oxygen atoms in total. The minimum atomic E-state index is -3.27. The number of hydrogen-bond acceptors (Lipinski definition) is 3. The summed E-state index contributed by atoms with van der Waals surface area (Å²) in [7, 11) is -3.27. The fraction of sp³-hybridized carbons (Fsp3) is 1.00. The first-order valence-electron chi connectivity index (χ1n) is 4.61. The third kappa shape index (κ3) is 5.11. The van der Waals surface area contributed by atoms with Gasteiger partial charge in [-0.1, -0.05) is 6.92 Å². The second kappa shape index (κ2) is 6.58. The van der Waals surface area contributed by atoms with Crippen LogP contribution in [0, 0.1) is 0 Å². The van der Waals surface area contributed by atoms with Crippen molar-refractivity contribution in [3.8, 4) is 0 Å². The van der Waals surface area contributed by atoms with Crippen molar-refractivity contribution in [2.24, 2.45) is 0 Å². The summed E-state index contributed by atoms with van der Waals surface area (Å²) in [4.78, 5) is 0. The Morgan fingerprint density at radius 2 is 2.21 bits per heavy atom. The van der Waals surface area contributed by atoms with Crippen molar-refractivity contribution in [1.29, 1.82) is 0 Å². The molecule has 0 saturated carbocycles. The van der Waals surface area contributed by atoms with Gasteiger partial charge in [0, 0.05) is 19.1 Å². The number of hydrogen-bond donors (Lipinski definition) is 3. The van der Waals surface area contributed by atoms with Crippen molar-refractivity contribution in [3.05, 3.63) is 0 Å². The second-order valence-corrected chi connectivity index (χ2v) is 4.69. The molecule has 0 unspecified atom stereocenters. The van der Waals surface area contributed by atoms with Crippen LogP contribution in [0.15, 0.2) is 0 Å². The Morgan fingerprint density at radius 3 is 2.71 bits per heavy atom. The molecule has 86 valence electrons. The Hall–Kier alpha value is 0.120. The average Bonchev–Trinajstić information content (AvgIpc) is 2.04. The van der Waals surface area contributed by atoms with E-state index in [9.17, 15) is 8.42 Å². The van der Waals surface area contributed by atoms with Crippen LogP contribution in [0.3, 0.4) is 0 Å². The molecule has 1 rings (SSSR count). The van der Waals surface area contributed by atoms with Crippen LogP contribution in [0.4, 0.5) is 0 Å². The first-order chi connectivity index (χ1) is 6.14. The Labute approximate surface area is 91.6 Å². The highest BCUT2D eigenvalue weighted by Crippen LogP contribution is 2.01. The molecule has 0 amide bonds. The topological polar surface area (TPSA) is 70.2 Å². The monoisotopic (exact) mass is 243 g/mol. The Kier molecular flexibility index (Phi) is 6.63. The lowest BCUT2D eigenvalue weighted by Gasteiger charge is -2.23. The van der Waals surface area contributed by atoms with Crippen molar-refractivity contribution < 1.29 is 8.42 Å². The Bertz CT molecular complexity index is 239. The Balaban J connectivity index is 0.00000169. The summed E-state index contributed by atoms with van der Waals surface area (Å²) in [6.45, 7) is 3.90. The summed E-state index contributed by atoms with van der Waals surface area (Å²) in [6.07, 6.45) is 1.94. The highest BCUT2D eigenvalue weighted by molar-refractivity contribution is 7.87. The van der Waals surface area contributed by atoms with Gasteiger partial charge in [0.25, 0.3) is 10.2 Å². The van der Waals surface area contributed by atoms with Crippen LogP contribution in [0.2, 0.25) is 0 Å². The molecule has 0 bridgehead atoms. The molecule has 0 spiro atoms. The van der Waals surface area contributed by atoms with Gasteiger partial charge in [0.05, 0.1) is 0 Å². The van der Waals surface area contributed by atoms with Gasteiger partial charge in [-0.3, -0.25) is 0 Å². The van der Waals surface area contributed by atoms with E-state index in [2.05, 4.69) is 14.8 Å². The minimum Gasteiger partial charge on any atom is -0.315 e. The summed E-state index contributed by atoms with van der Waals surface area (Å²) in [5.41, 5.74) is 0. The van der Waals surface area contributed by atoms with Crippen LogP contribution < -0.4 is 14.8 Å². The van der Waals surface area contributed by atoms with Crippen LogP contribution >= 0.6 is 12.4 Å². The standard InChI is InChI=1S/C7H17N3O2S.ClH/c1-2-9-13(11,12)10-7-4-3-5-8-6-7;/h7-10H,2-6H2,1H3;1H/t7-;/m1./s1. The zero-order valence-electron chi connectivity index (χ0n) is 8.25. The summed E-state index contributed by atoms with van der Waals surface area (Å²) >= 11 is 0. The Morgan fingerprint density at radius 1 is 1.50 bits per heavy atom. The van der Waals surface area contributed by atoms with Gasteiger partial charge in [-0.15, -0.1) is 12.4 Å². The van der Waals surface area contributed by atoms with Crippen molar-refractivity contribution in [2.75, 3.05) is 19.6 Å². The van der Waals surface area contributed by atoms with Crippen LogP contribution in [-0.4, -0.2) is 34.1 Å². The van der Waals surface area contributed by atoms with Gasteiger partial charge in [0.15, 0.2) is 0 Å². The molecule has 0 aromatic heterocycles. The van der Waals surface area contributed by atoms with E-state index < -0.39 is 10.2 Å². The molecule has 0 aromatic rings. The molecule has 1 aliphatic heterocycles.